The molecule has 0 aliphatic heterocycles. The summed E-state index contributed by atoms with van der Waals surface area (Å²) in [5.74, 6) is -0.617. The number of carbonyl (C=O) groups excluding carboxylic acids is 2. The van der Waals surface area contributed by atoms with Gasteiger partial charge in [-0.1, -0.05) is 29.8 Å². The number of ether oxygens (including phenoxy) is 1. The van der Waals surface area contributed by atoms with Crippen molar-refractivity contribution in [2.75, 3.05) is 7.11 Å². The van der Waals surface area contributed by atoms with E-state index >= 15 is 0 Å². The van der Waals surface area contributed by atoms with Crippen molar-refractivity contribution in [2.24, 2.45) is 0 Å². The summed E-state index contributed by atoms with van der Waals surface area (Å²) in [6.07, 6.45) is 0. The number of aryl methyl sites for hydroxylation is 1. The molecular weight excluding hydrogens is 286 g/mol. The molecule has 1 atom stereocenters. The maximum absolute atomic E-state index is 12.2. The molecule has 0 unspecified atom stereocenters. The van der Waals surface area contributed by atoms with E-state index in [1.807, 2.05) is 38.1 Å². The van der Waals surface area contributed by atoms with E-state index in [1.165, 1.54) is 12.7 Å². The molecule has 0 saturated carbocycles. The third kappa shape index (κ3) is 3.70. The minimum absolute atomic E-state index is 0.0956. The Bertz CT molecular complexity index is 646. The molecule has 4 nitrogen and oxygen atoms in total. The van der Waals surface area contributed by atoms with Crippen molar-refractivity contribution in [2.45, 2.75) is 19.9 Å². The molecule has 5 heteroatoms. The molecule has 0 aliphatic rings. The lowest BCUT2D eigenvalue weighted by Crippen LogP contribution is -2.25. The Labute approximate surface area is 127 Å². The fourth-order valence-corrected chi connectivity index (χ4v) is 2.70. The number of nitrogens with one attached hydrogen (secondary N) is 1. The van der Waals surface area contributed by atoms with Gasteiger partial charge in [0.2, 0.25) is 0 Å². The van der Waals surface area contributed by atoms with Crippen LogP contribution < -0.4 is 5.32 Å². The van der Waals surface area contributed by atoms with E-state index in [0.29, 0.717) is 9.75 Å². The maximum Gasteiger partial charge on any atom is 0.348 e. The van der Waals surface area contributed by atoms with E-state index in [4.69, 9.17) is 0 Å². The smallest absolute Gasteiger partial charge is 0.348 e. The number of rotatable bonds is 4. The van der Waals surface area contributed by atoms with Crippen LogP contribution in [0.1, 0.15) is 43.4 Å². The van der Waals surface area contributed by atoms with E-state index in [2.05, 4.69) is 10.1 Å². The molecule has 1 aromatic heterocycles. The topological polar surface area (TPSA) is 55.4 Å². The van der Waals surface area contributed by atoms with Gasteiger partial charge in [0, 0.05) is 0 Å². The summed E-state index contributed by atoms with van der Waals surface area (Å²) in [7, 11) is 1.32. The van der Waals surface area contributed by atoms with Crippen LogP contribution in [0.25, 0.3) is 0 Å². The van der Waals surface area contributed by atoms with Crippen LogP contribution in [-0.4, -0.2) is 19.0 Å². The van der Waals surface area contributed by atoms with Crippen LogP contribution in [0.5, 0.6) is 0 Å². The standard InChI is InChI=1S/C16H17NO3S/c1-10-4-6-12(7-5-10)11(2)17-15(18)13-8-9-14(21-13)16(19)20-3/h4-9,11H,1-3H3,(H,17,18)/t11-/m0/s1. The van der Waals surface area contributed by atoms with Gasteiger partial charge >= 0.3 is 5.97 Å². The van der Waals surface area contributed by atoms with Crippen LogP contribution in [0.4, 0.5) is 0 Å². The number of hydrogen-bond acceptors (Lipinski definition) is 4. The fourth-order valence-electron chi connectivity index (χ4n) is 1.88. The zero-order valence-corrected chi connectivity index (χ0v) is 13.0. The number of methoxy groups -OCH3 is 1. The average Bonchev–Trinajstić information content (AvgIpc) is 2.97. The lowest BCUT2D eigenvalue weighted by Gasteiger charge is -2.13. The summed E-state index contributed by atoms with van der Waals surface area (Å²) < 4.78 is 4.63. The number of thiophene rings is 1. The molecule has 0 bridgehead atoms. The lowest BCUT2D eigenvalue weighted by atomic mass is 10.1. The quantitative estimate of drug-likeness (QED) is 0.881. The normalized spacial score (nSPS) is 11.8. The molecule has 1 amide bonds. The van der Waals surface area contributed by atoms with Crippen LogP contribution in [0.15, 0.2) is 36.4 Å². The van der Waals surface area contributed by atoms with Crippen molar-refractivity contribution in [1.29, 1.82) is 0 Å². The summed E-state index contributed by atoms with van der Waals surface area (Å²) in [6, 6.07) is 11.2. The van der Waals surface area contributed by atoms with Crippen molar-refractivity contribution >= 4 is 23.2 Å². The molecule has 1 N–H and O–H groups in total. The maximum atomic E-state index is 12.2. The van der Waals surface area contributed by atoms with Gasteiger partial charge in [-0.2, -0.15) is 0 Å². The van der Waals surface area contributed by atoms with Crippen LogP contribution in [0.2, 0.25) is 0 Å². The first-order chi connectivity index (χ1) is 10.0. The predicted octanol–water partition coefficient (Wildman–Crippen LogP) is 3.33. The van der Waals surface area contributed by atoms with E-state index < -0.39 is 5.97 Å². The van der Waals surface area contributed by atoms with Gasteiger partial charge in [0.05, 0.1) is 18.0 Å². The highest BCUT2D eigenvalue weighted by Gasteiger charge is 2.16. The number of benzene rings is 1. The molecule has 2 aromatic rings. The van der Waals surface area contributed by atoms with Gasteiger partial charge in [-0.15, -0.1) is 11.3 Å². The summed E-state index contributed by atoms with van der Waals surface area (Å²) in [5.41, 5.74) is 2.22. The highest BCUT2D eigenvalue weighted by Crippen LogP contribution is 2.19. The van der Waals surface area contributed by atoms with E-state index in [0.717, 1.165) is 16.9 Å². The molecule has 0 fully saturated rings. The van der Waals surface area contributed by atoms with Gasteiger partial charge in [-0.3, -0.25) is 4.79 Å². The number of hydrogen-bond donors (Lipinski definition) is 1. The lowest BCUT2D eigenvalue weighted by molar-refractivity contribution is 0.0606. The molecule has 0 spiro atoms. The highest BCUT2D eigenvalue weighted by molar-refractivity contribution is 7.15. The Kier molecular flexibility index (Phi) is 4.75. The van der Waals surface area contributed by atoms with Crippen LogP contribution in [0, 0.1) is 6.92 Å². The van der Waals surface area contributed by atoms with Crippen molar-refractivity contribution in [3.63, 3.8) is 0 Å². The van der Waals surface area contributed by atoms with Crippen molar-refractivity contribution in [1.82, 2.24) is 5.32 Å². The molecule has 2 rings (SSSR count). The van der Waals surface area contributed by atoms with Crippen LogP contribution in [-0.2, 0) is 4.74 Å². The largest absolute Gasteiger partial charge is 0.465 e. The van der Waals surface area contributed by atoms with Gasteiger partial charge in [-0.05, 0) is 31.5 Å². The Morgan fingerprint density at radius 2 is 1.71 bits per heavy atom. The first-order valence-electron chi connectivity index (χ1n) is 6.57. The zero-order valence-electron chi connectivity index (χ0n) is 12.2. The van der Waals surface area contributed by atoms with Gasteiger partial charge in [0.15, 0.2) is 0 Å². The average molecular weight is 303 g/mol. The summed E-state index contributed by atoms with van der Waals surface area (Å²) in [6.45, 7) is 3.95. The molecule has 1 heterocycles. The molecule has 0 aliphatic carbocycles. The molecule has 21 heavy (non-hydrogen) atoms. The highest BCUT2D eigenvalue weighted by atomic mass is 32.1. The zero-order chi connectivity index (χ0) is 15.4. The van der Waals surface area contributed by atoms with Crippen molar-refractivity contribution in [3.05, 3.63) is 57.3 Å². The van der Waals surface area contributed by atoms with E-state index in [1.54, 1.807) is 12.1 Å². The number of carbonyl (C=O) groups is 2. The van der Waals surface area contributed by atoms with Gasteiger partial charge < -0.3 is 10.1 Å². The second kappa shape index (κ2) is 6.54. The summed E-state index contributed by atoms with van der Waals surface area (Å²) in [5, 5.41) is 2.92. The Morgan fingerprint density at radius 3 is 2.33 bits per heavy atom. The fraction of sp³-hybridized carbons (Fsp3) is 0.250. The number of amides is 1. The van der Waals surface area contributed by atoms with Crippen LogP contribution >= 0.6 is 11.3 Å². The third-order valence-electron chi connectivity index (χ3n) is 3.14. The Balaban J connectivity index is 2.05. The second-order valence-corrected chi connectivity index (χ2v) is 5.85. The molecule has 0 saturated heterocycles. The first kappa shape index (κ1) is 15.3. The monoisotopic (exact) mass is 303 g/mol. The van der Waals surface area contributed by atoms with Crippen LogP contribution in [0.3, 0.4) is 0 Å². The molecule has 1 aromatic carbocycles. The molecular formula is C16H17NO3S. The first-order valence-corrected chi connectivity index (χ1v) is 7.38. The molecule has 0 radical (unpaired) electrons. The van der Waals surface area contributed by atoms with Crippen molar-refractivity contribution in [3.8, 4) is 0 Å². The van der Waals surface area contributed by atoms with E-state index in [9.17, 15) is 9.59 Å². The van der Waals surface area contributed by atoms with Gasteiger partial charge in [0.25, 0.3) is 5.91 Å². The summed E-state index contributed by atoms with van der Waals surface area (Å²) >= 11 is 1.13. The van der Waals surface area contributed by atoms with Crippen molar-refractivity contribution < 1.29 is 14.3 Å². The minimum Gasteiger partial charge on any atom is -0.465 e. The number of esters is 1. The van der Waals surface area contributed by atoms with Gasteiger partial charge in [0.1, 0.15) is 4.88 Å². The van der Waals surface area contributed by atoms with Gasteiger partial charge in [-0.25, -0.2) is 4.79 Å². The van der Waals surface area contributed by atoms with E-state index in [-0.39, 0.29) is 11.9 Å². The Hall–Kier alpha value is -2.14. The molecule has 110 valence electrons. The second-order valence-electron chi connectivity index (χ2n) is 4.76. The Morgan fingerprint density at radius 1 is 1.10 bits per heavy atom. The predicted molar refractivity (Wildman–Crippen MR) is 82.7 cm³/mol. The SMILES string of the molecule is COC(=O)c1ccc(C(=O)N[C@@H](C)c2ccc(C)cc2)s1. The third-order valence-corrected chi connectivity index (χ3v) is 4.21. The summed E-state index contributed by atoms with van der Waals surface area (Å²) in [4.78, 5) is 24.5. The minimum atomic E-state index is -0.425.